The normalized spacial score (nSPS) is 11.8. The lowest BCUT2D eigenvalue weighted by Gasteiger charge is -2.13. The molecule has 0 aliphatic carbocycles. The summed E-state index contributed by atoms with van der Waals surface area (Å²) in [5.41, 5.74) is 1.81. The third-order valence-electron chi connectivity index (χ3n) is 2.22. The maximum Gasteiger partial charge on any atom is 0.301 e. The Bertz CT molecular complexity index is 424. The minimum Gasteiger partial charge on any atom is -0.271 e. The molecule has 0 bridgehead atoms. The average Bonchev–Trinajstić information content (AvgIpc) is 2.21. The van der Waals surface area contributed by atoms with Gasteiger partial charge in [-0.2, -0.15) is 12.7 Å². The van der Waals surface area contributed by atoms with Crippen LogP contribution in [0.1, 0.15) is 18.9 Å². The molecule has 0 spiro atoms. The van der Waals surface area contributed by atoms with Crippen LogP contribution in [0, 0.1) is 0 Å². The van der Waals surface area contributed by atoms with Crippen molar-refractivity contribution in [2.24, 2.45) is 0 Å². The van der Waals surface area contributed by atoms with E-state index in [1.807, 2.05) is 12.1 Å². The van der Waals surface area contributed by atoms with Crippen LogP contribution in [0.2, 0.25) is 0 Å². The summed E-state index contributed by atoms with van der Waals surface area (Å²) in [4.78, 5) is 0. The molecule has 0 saturated carbocycles. The van der Waals surface area contributed by atoms with Gasteiger partial charge in [0, 0.05) is 19.8 Å². The molecule has 0 saturated heterocycles. The van der Waals surface area contributed by atoms with Crippen molar-refractivity contribution >= 4 is 15.9 Å². The van der Waals surface area contributed by atoms with Gasteiger partial charge in [-0.3, -0.25) is 4.72 Å². The lowest BCUT2D eigenvalue weighted by atomic mass is 10.1. The Morgan fingerprint density at radius 1 is 1.19 bits per heavy atom. The highest BCUT2D eigenvalue weighted by atomic mass is 32.2. The summed E-state index contributed by atoms with van der Waals surface area (Å²) in [6.45, 7) is 2.11. The monoisotopic (exact) mass is 242 g/mol. The summed E-state index contributed by atoms with van der Waals surface area (Å²) in [5.74, 6) is 0. The average molecular weight is 242 g/mol. The van der Waals surface area contributed by atoms with Crippen molar-refractivity contribution in [1.29, 1.82) is 0 Å². The van der Waals surface area contributed by atoms with E-state index < -0.39 is 10.2 Å². The van der Waals surface area contributed by atoms with Crippen molar-refractivity contribution in [3.63, 3.8) is 0 Å². The molecular weight excluding hydrogens is 224 g/mol. The van der Waals surface area contributed by atoms with Crippen molar-refractivity contribution in [2.75, 3.05) is 18.8 Å². The molecule has 16 heavy (non-hydrogen) atoms. The van der Waals surface area contributed by atoms with Gasteiger partial charge in [0.15, 0.2) is 0 Å². The van der Waals surface area contributed by atoms with Crippen molar-refractivity contribution < 1.29 is 8.42 Å². The molecule has 0 amide bonds. The van der Waals surface area contributed by atoms with Gasteiger partial charge >= 0.3 is 10.2 Å². The first-order chi connectivity index (χ1) is 7.45. The van der Waals surface area contributed by atoms with Crippen LogP contribution in [0.4, 0.5) is 5.69 Å². The van der Waals surface area contributed by atoms with Gasteiger partial charge in [-0.15, -0.1) is 0 Å². The van der Waals surface area contributed by atoms with E-state index in [2.05, 4.69) is 11.6 Å². The summed E-state index contributed by atoms with van der Waals surface area (Å²) >= 11 is 0. The Kier molecular flexibility index (Phi) is 4.32. The van der Waals surface area contributed by atoms with E-state index in [1.165, 1.54) is 19.7 Å². The first-order valence-corrected chi connectivity index (χ1v) is 6.69. The molecule has 0 aliphatic heterocycles. The SMILES string of the molecule is CCCc1ccc(NS(=O)(=O)N(C)C)cc1. The van der Waals surface area contributed by atoms with Gasteiger partial charge in [0.1, 0.15) is 0 Å². The van der Waals surface area contributed by atoms with E-state index in [4.69, 9.17) is 0 Å². The number of hydrogen-bond donors (Lipinski definition) is 1. The molecule has 1 aromatic rings. The molecule has 0 unspecified atom stereocenters. The van der Waals surface area contributed by atoms with Crippen LogP contribution in [0.25, 0.3) is 0 Å². The molecule has 0 aliphatic rings. The number of aryl methyl sites for hydroxylation is 1. The van der Waals surface area contributed by atoms with Crippen LogP contribution >= 0.6 is 0 Å². The fourth-order valence-corrected chi connectivity index (χ4v) is 1.88. The van der Waals surface area contributed by atoms with E-state index in [0.29, 0.717) is 5.69 Å². The predicted octanol–water partition coefficient (Wildman–Crippen LogP) is 1.86. The molecule has 90 valence electrons. The molecule has 0 atom stereocenters. The smallest absolute Gasteiger partial charge is 0.271 e. The molecule has 1 rings (SSSR count). The van der Waals surface area contributed by atoms with Gasteiger partial charge < -0.3 is 0 Å². The van der Waals surface area contributed by atoms with E-state index in [0.717, 1.165) is 17.1 Å². The lowest BCUT2D eigenvalue weighted by Crippen LogP contribution is -2.28. The first kappa shape index (κ1) is 13.0. The van der Waals surface area contributed by atoms with Gasteiger partial charge in [-0.25, -0.2) is 0 Å². The van der Waals surface area contributed by atoms with Crippen LogP contribution in [-0.2, 0) is 16.6 Å². The lowest BCUT2D eigenvalue weighted by molar-refractivity contribution is 0.527. The molecule has 1 aromatic carbocycles. The fraction of sp³-hybridized carbons (Fsp3) is 0.455. The summed E-state index contributed by atoms with van der Waals surface area (Å²) in [7, 11) is -0.405. The first-order valence-electron chi connectivity index (χ1n) is 5.25. The quantitative estimate of drug-likeness (QED) is 0.856. The number of nitrogens with one attached hydrogen (secondary N) is 1. The summed E-state index contributed by atoms with van der Waals surface area (Å²) in [6.07, 6.45) is 2.10. The van der Waals surface area contributed by atoms with E-state index in [9.17, 15) is 8.42 Å². The molecule has 0 fully saturated rings. The minimum atomic E-state index is -3.39. The highest BCUT2D eigenvalue weighted by molar-refractivity contribution is 7.90. The molecular formula is C11H18N2O2S. The maximum absolute atomic E-state index is 11.5. The van der Waals surface area contributed by atoms with Crippen molar-refractivity contribution in [2.45, 2.75) is 19.8 Å². The topological polar surface area (TPSA) is 49.4 Å². The number of nitrogens with zero attached hydrogens (tertiary/aromatic N) is 1. The van der Waals surface area contributed by atoms with Crippen LogP contribution < -0.4 is 4.72 Å². The summed E-state index contributed by atoms with van der Waals surface area (Å²) in [6, 6.07) is 7.45. The highest BCUT2D eigenvalue weighted by Crippen LogP contribution is 2.13. The fourth-order valence-electron chi connectivity index (χ4n) is 1.27. The predicted molar refractivity (Wildman–Crippen MR) is 66.7 cm³/mol. The van der Waals surface area contributed by atoms with Crippen molar-refractivity contribution in [3.05, 3.63) is 29.8 Å². The van der Waals surface area contributed by atoms with Crippen LogP contribution in [0.5, 0.6) is 0 Å². The van der Waals surface area contributed by atoms with Crippen LogP contribution in [0.3, 0.4) is 0 Å². The molecule has 0 radical (unpaired) electrons. The Hall–Kier alpha value is -1.07. The largest absolute Gasteiger partial charge is 0.301 e. The molecule has 0 aromatic heterocycles. The minimum absolute atomic E-state index is 0.591. The second kappa shape index (κ2) is 5.32. The number of anilines is 1. The molecule has 4 nitrogen and oxygen atoms in total. The van der Waals surface area contributed by atoms with Gasteiger partial charge in [-0.1, -0.05) is 25.5 Å². The van der Waals surface area contributed by atoms with Crippen LogP contribution in [-0.4, -0.2) is 26.8 Å². The Morgan fingerprint density at radius 3 is 2.19 bits per heavy atom. The maximum atomic E-state index is 11.5. The van der Waals surface area contributed by atoms with Gasteiger partial charge in [0.25, 0.3) is 0 Å². The van der Waals surface area contributed by atoms with E-state index >= 15 is 0 Å². The highest BCUT2D eigenvalue weighted by Gasteiger charge is 2.12. The van der Waals surface area contributed by atoms with E-state index in [-0.39, 0.29) is 0 Å². The Balaban J connectivity index is 2.76. The van der Waals surface area contributed by atoms with Crippen LogP contribution in [0.15, 0.2) is 24.3 Å². The zero-order valence-electron chi connectivity index (χ0n) is 9.90. The Labute approximate surface area is 97.5 Å². The van der Waals surface area contributed by atoms with E-state index in [1.54, 1.807) is 12.1 Å². The molecule has 1 N–H and O–H groups in total. The Morgan fingerprint density at radius 2 is 1.75 bits per heavy atom. The standard InChI is InChI=1S/C11H18N2O2S/c1-4-5-10-6-8-11(9-7-10)12-16(14,15)13(2)3/h6-9,12H,4-5H2,1-3H3. The number of hydrogen-bond acceptors (Lipinski definition) is 2. The third-order valence-corrected chi connectivity index (χ3v) is 3.68. The number of rotatable bonds is 5. The van der Waals surface area contributed by atoms with Crippen molar-refractivity contribution in [3.8, 4) is 0 Å². The zero-order chi connectivity index (χ0) is 12.2. The third kappa shape index (κ3) is 3.50. The van der Waals surface area contributed by atoms with Gasteiger partial charge in [0.2, 0.25) is 0 Å². The summed E-state index contributed by atoms with van der Waals surface area (Å²) < 4.78 is 26.7. The summed E-state index contributed by atoms with van der Waals surface area (Å²) in [5, 5.41) is 0. The molecule has 5 heteroatoms. The van der Waals surface area contributed by atoms with Gasteiger partial charge in [0.05, 0.1) is 0 Å². The number of benzene rings is 1. The second-order valence-electron chi connectivity index (χ2n) is 3.84. The van der Waals surface area contributed by atoms with Crippen molar-refractivity contribution in [1.82, 2.24) is 4.31 Å². The second-order valence-corrected chi connectivity index (χ2v) is 5.72. The molecule has 0 heterocycles. The van der Waals surface area contributed by atoms with Gasteiger partial charge in [-0.05, 0) is 24.1 Å². The zero-order valence-corrected chi connectivity index (χ0v) is 10.7.